The highest BCUT2D eigenvalue weighted by atomic mass is 79.9. The van der Waals surface area contributed by atoms with Gasteiger partial charge in [-0.2, -0.15) is 0 Å². The number of esters is 2. The molecule has 0 amide bonds. The second-order valence-corrected chi connectivity index (χ2v) is 6.08. The van der Waals surface area contributed by atoms with Crippen LogP contribution in [0.25, 0.3) is 0 Å². The lowest BCUT2D eigenvalue weighted by molar-refractivity contribution is -0.172. The first-order valence-electron chi connectivity index (χ1n) is 7.94. The summed E-state index contributed by atoms with van der Waals surface area (Å²) in [4.78, 5) is 25.2. The van der Waals surface area contributed by atoms with E-state index in [4.69, 9.17) is 9.47 Å². The summed E-state index contributed by atoms with van der Waals surface area (Å²) in [7, 11) is 0. The summed E-state index contributed by atoms with van der Waals surface area (Å²) in [6.07, 6.45) is 2.54. The summed E-state index contributed by atoms with van der Waals surface area (Å²) in [5, 5.41) is 0. The molecular formula is C19H23BrO4. The average molecular weight is 395 g/mol. The van der Waals surface area contributed by atoms with Gasteiger partial charge in [0.05, 0.1) is 13.2 Å². The third-order valence-corrected chi connectivity index (χ3v) is 4.48. The molecule has 5 heteroatoms. The first-order chi connectivity index (χ1) is 11.5. The van der Waals surface area contributed by atoms with Gasteiger partial charge in [0.25, 0.3) is 0 Å². The Bertz CT molecular complexity index is 600. The number of aryl methyl sites for hydroxylation is 1. The van der Waals surface area contributed by atoms with Crippen molar-refractivity contribution >= 4 is 27.9 Å². The molecule has 0 aliphatic heterocycles. The molecule has 130 valence electrons. The van der Waals surface area contributed by atoms with E-state index in [1.165, 1.54) is 0 Å². The molecule has 0 heterocycles. The lowest BCUT2D eigenvalue weighted by Gasteiger charge is -2.28. The van der Waals surface area contributed by atoms with E-state index in [1.807, 2.05) is 24.3 Å². The lowest BCUT2D eigenvalue weighted by atomic mass is 9.79. The van der Waals surface area contributed by atoms with E-state index in [9.17, 15) is 9.59 Å². The fraction of sp³-hybridized carbons (Fsp3) is 0.421. The largest absolute Gasteiger partial charge is 0.465 e. The van der Waals surface area contributed by atoms with Gasteiger partial charge in [-0.3, -0.25) is 9.59 Å². The summed E-state index contributed by atoms with van der Waals surface area (Å²) in [6.45, 7) is 7.34. The maximum atomic E-state index is 12.6. The van der Waals surface area contributed by atoms with E-state index in [0.29, 0.717) is 6.42 Å². The highest BCUT2D eigenvalue weighted by Gasteiger charge is 2.47. The van der Waals surface area contributed by atoms with Crippen molar-refractivity contribution in [3.05, 3.63) is 52.7 Å². The summed E-state index contributed by atoms with van der Waals surface area (Å²) in [6, 6.07) is 7.71. The van der Waals surface area contributed by atoms with Crippen LogP contribution in [0.4, 0.5) is 0 Å². The predicted molar refractivity (Wildman–Crippen MR) is 96.5 cm³/mol. The smallest absolute Gasteiger partial charge is 0.323 e. The molecule has 0 bridgehead atoms. The van der Waals surface area contributed by atoms with Crippen LogP contribution in [0, 0.1) is 5.41 Å². The fourth-order valence-corrected chi connectivity index (χ4v) is 2.87. The van der Waals surface area contributed by atoms with Crippen molar-refractivity contribution in [2.75, 3.05) is 13.2 Å². The molecule has 0 aliphatic rings. The number of benzene rings is 1. The number of carbonyl (C=O) groups excluding carboxylic acids is 2. The molecule has 0 aliphatic carbocycles. The van der Waals surface area contributed by atoms with E-state index >= 15 is 0 Å². The van der Waals surface area contributed by atoms with Gasteiger partial charge in [0.1, 0.15) is 0 Å². The molecule has 0 saturated heterocycles. The monoisotopic (exact) mass is 394 g/mol. The summed E-state index contributed by atoms with van der Waals surface area (Å²) >= 11 is 3.49. The van der Waals surface area contributed by atoms with Gasteiger partial charge in [-0.1, -0.05) is 40.7 Å². The van der Waals surface area contributed by atoms with Gasteiger partial charge >= 0.3 is 11.9 Å². The van der Waals surface area contributed by atoms with Crippen LogP contribution in [0.5, 0.6) is 0 Å². The molecule has 0 N–H and O–H groups in total. The van der Waals surface area contributed by atoms with Crippen LogP contribution in [-0.4, -0.2) is 25.2 Å². The van der Waals surface area contributed by atoms with E-state index in [2.05, 4.69) is 28.2 Å². The number of allylic oxidation sites excluding steroid dienone is 1. The maximum absolute atomic E-state index is 12.6. The average Bonchev–Trinajstić information content (AvgIpc) is 2.57. The van der Waals surface area contributed by atoms with Gasteiger partial charge in [0.2, 0.25) is 0 Å². The predicted octanol–water partition coefficient (Wildman–Crippen LogP) is 4.23. The Labute approximate surface area is 151 Å². The van der Waals surface area contributed by atoms with E-state index in [1.54, 1.807) is 19.9 Å². The Morgan fingerprint density at radius 3 is 2.29 bits per heavy atom. The van der Waals surface area contributed by atoms with E-state index in [0.717, 1.165) is 10.0 Å². The zero-order valence-electron chi connectivity index (χ0n) is 14.1. The molecule has 0 fully saturated rings. The number of ether oxygens (including phenoxy) is 2. The van der Waals surface area contributed by atoms with Gasteiger partial charge in [-0.25, -0.2) is 0 Å². The fourth-order valence-electron chi connectivity index (χ4n) is 2.39. The Hall–Kier alpha value is -1.84. The molecule has 0 radical (unpaired) electrons. The maximum Gasteiger partial charge on any atom is 0.323 e. The number of rotatable bonds is 9. The van der Waals surface area contributed by atoms with Crippen molar-refractivity contribution in [1.82, 2.24) is 0 Å². The molecule has 1 rings (SSSR count). The number of hydrogen-bond acceptors (Lipinski definition) is 4. The number of hydrogen-bond donors (Lipinski definition) is 0. The lowest BCUT2D eigenvalue weighted by Crippen LogP contribution is -2.42. The zero-order valence-corrected chi connectivity index (χ0v) is 15.7. The molecule has 0 atom stereocenters. The van der Waals surface area contributed by atoms with Crippen molar-refractivity contribution < 1.29 is 19.1 Å². The van der Waals surface area contributed by atoms with Crippen LogP contribution in [0.15, 0.2) is 47.1 Å². The van der Waals surface area contributed by atoms with Crippen molar-refractivity contribution in [2.24, 2.45) is 5.41 Å². The van der Waals surface area contributed by atoms with Gasteiger partial charge < -0.3 is 9.47 Å². The van der Waals surface area contributed by atoms with Crippen LogP contribution in [0.2, 0.25) is 0 Å². The molecule has 0 unspecified atom stereocenters. The third-order valence-electron chi connectivity index (χ3n) is 3.71. The highest BCUT2D eigenvalue weighted by Crippen LogP contribution is 2.34. The van der Waals surface area contributed by atoms with Gasteiger partial charge in [-0.05, 0) is 50.8 Å². The van der Waals surface area contributed by atoms with Gasteiger partial charge in [0.15, 0.2) is 5.41 Å². The molecule has 1 aromatic carbocycles. The number of carbonyl (C=O) groups is 2. The third kappa shape index (κ3) is 5.08. The van der Waals surface area contributed by atoms with Crippen LogP contribution in [0.3, 0.4) is 0 Å². The van der Waals surface area contributed by atoms with Crippen LogP contribution >= 0.6 is 15.9 Å². The molecule has 0 aromatic heterocycles. The van der Waals surface area contributed by atoms with E-state index < -0.39 is 17.4 Å². The number of halogens is 1. The van der Waals surface area contributed by atoms with Gasteiger partial charge in [0, 0.05) is 4.47 Å². The quantitative estimate of drug-likeness (QED) is 0.357. The Morgan fingerprint density at radius 1 is 1.21 bits per heavy atom. The molecule has 0 spiro atoms. The second-order valence-electron chi connectivity index (χ2n) is 5.23. The molecule has 4 nitrogen and oxygen atoms in total. The van der Waals surface area contributed by atoms with Crippen molar-refractivity contribution in [2.45, 2.75) is 33.1 Å². The molecule has 0 saturated carbocycles. The molecular weight excluding hydrogens is 372 g/mol. The van der Waals surface area contributed by atoms with Crippen molar-refractivity contribution in [3.63, 3.8) is 0 Å². The Kier molecular flexibility index (Phi) is 8.51. The zero-order chi connectivity index (χ0) is 18.0. The van der Waals surface area contributed by atoms with Crippen LogP contribution in [-0.2, 0) is 25.5 Å². The van der Waals surface area contributed by atoms with Gasteiger partial charge in [-0.15, -0.1) is 5.73 Å². The normalized spacial score (nSPS) is 10.6. The van der Waals surface area contributed by atoms with Crippen molar-refractivity contribution in [1.29, 1.82) is 0 Å². The first-order valence-corrected chi connectivity index (χ1v) is 8.73. The Balaban J connectivity index is 3.16. The minimum Gasteiger partial charge on any atom is -0.465 e. The Morgan fingerprint density at radius 2 is 1.79 bits per heavy atom. The topological polar surface area (TPSA) is 52.6 Å². The first kappa shape index (κ1) is 20.2. The van der Waals surface area contributed by atoms with Crippen LogP contribution < -0.4 is 0 Å². The molecule has 1 aromatic rings. The highest BCUT2D eigenvalue weighted by molar-refractivity contribution is 9.10. The SMILES string of the molecule is C=C=CCC(CCc1ccccc1Br)(C(=O)OCC)C(=O)OCC. The summed E-state index contributed by atoms with van der Waals surface area (Å²) in [5.41, 5.74) is 2.26. The van der Waals surface area contributed by atoms with Crippen molar-refractivity contribution in [3.8, 4) is 0 Å². The minimum absolute atomic E-state index is 0.151. The van der Waals surface area contributed by atoms with Crippen LogP contribution in [0.1, 0.15) is 32.3 Å². The second kappa shape index (κ2) is 10.1. The van der Waals surface area contributed by atoms with E-state index in [-0.39, 0.29) is 26.1 Å². The molecule has 24 heavy (non-hydrogen) atoms. The minimum atomic E-state index is -1.38. The standard InChI is InChI=1S/C19H23BrO4/c1-4-7-13-19(17(21)23-5-2,18(22)24-6-3)14-12-15-10-8-9-11-16(15)20/h7-11H,1,5-6,12-14H2,2-3H3. The summed E-state index contributed by atoms with van der Waals surface area (Å²) in [5.74, 6) is -1.14. The summed E-state index contributed by atoms with van der Waals surface area (Å²) < 4.78 is 11.3.